The van der Waals surface area contributed by atoms with Crippen molar-refractivity contribution in [1.29, 1.82) is 0 Å². The number of aromatic amines is 2. The summed E-state index contributed by atoms with van der Waals surface area (Å²) in [4.78, 5) is 36.9. The molecule has 0 aliphatic carbocycles. The minimum absolute atomic E-state index is 0.0305. The number of carbonyl (C=O) groups is 1. The van der Waals surface area contributed by atoms with Crippen LogP contribution in [0.25, 0.3) is 0 Å². The molecule has 1 heterocycles. The van der Waals surface area contributed by atoms with Crippen LogP contribution in [-0.4, -0.2) is 45.8 Å². The molecule has 0 spiro atoms. The van der Waals surface area contributed by atoms with Gasteiger partial charge < -0.3 is 9.47 Å². The van der Waals surface area contributed by atoms with Crippen molar-refractivity contribution >= 4 is 35.5 Å². The molecule has 0 aliphatic rings. The summed E-state index contributed by atoms with van der Waals surface area (Å²) in [5.41, 5.74) is 1.60. The Hall–Kier alpha value is -2.79. The zero-order chi connectivity index (χ0) is 22.1. The molecule has 30 heavy (non-hydrogen) atoms. The van der Waals surface area contributed by atoms with Crippen molar-refractivity contribution in [3.05, 3.63) is 43.6 Å². The molecule has 162 valence electrons. The maximum Gasteiger partial charge on any atom is 0.342 e. The van der Waals surface area contributed by atoms with Crippen LogP contribution >= 0.6 is 23.4 Å². The molecule has 1 aromatic carbocycles. The molecule has 1 unspecified atom stereocenters. The molecule has 1 aromatic heterocycles. The molecule has 0 radical (unpaired) electrons. The molecule has 0 saturated heterocycles. The van der Waals surface area contributed by atoms with E-state index in [9.17, 15) is 14.4 Å². The third-order valence-electron chi connectivity index (χ3n) is 3.51. The minimum Gasteiger partial charge on any atom is -0.490 e. The lowest BCUT2D eigenvalue weighted by Crippen LogP contribution is -2.30. The van der Waals surface area contributed by atoms with E-state index in [0.29, 0.717) is 35.3 Å². The second-order valence-electron chi connectivity index (χ2n) is 5.92. The van der Waals surface area contributed by atoms with Crippen LogP contribution < -0.4 is 26.1 Å². The van der Waals surface area contributed by atoms with Gasteiger partial charge in [-0.15, -0.1) is 0 Å². The topological polar surface area (TPSA) is 139 Å². The summed E-state index contributed by atoms with van der Waals surface area (Å²) in [6, 6.07) is 3.35. The van der Waals surface area contributed by atoms with E-state index < -0.39 is 22.4 Å². The van der Waals surface area contributed by atoms with Crippen LogP contribution in [0.15, 0.2) is 31.8 Å². The predicted molar refractivity (Wildman–Crippen MR) is 115 cm³/mol. The van der Waals surface area contributed by atoms with E-state index in [1.807, 2.05) is 18.8 Å². The van der Waals surface area contributed by atoms with Gasteiger partial charge in [0.25, 0.3) is 11.5 Å². The number of ether oxygens (including phenoxy) is 2. The van der Waals surface area contributed by atoms with Crippen molar-refractivity contribution in [2.45, 2.75) is 37.5 Å². The molecule has 3 N–H and O–H groups in total. The molecule has 10 nitrogen and oxygen atoms in total. The molecule has 0 aliphatic heterocycles. The Labute approximate surface area is 181 Å². The standard InChI is InChI=1S/C18H22ClN5O5S/c1-4-6-29-14-12(19)7-11(8-13(14)28-5-2)9-20-22-15(25)10(3)30-17-16(26)21-18(27)24-23-17/h7-10H,4-6H2,1-3H3,(H,22,25)(H2,21,24,26,27)/b20-9+. The Kier molecular flexibility index (Phi) is 8.93. The smallest absolute Gasteiger partial charge is 0.342 e. The SMILES string of the molecule is CCCOc1c(Cl)cc(/C=N/NC(=O)C(C)Sc2n[nH]c(=O)[nH]c2=O)cc1OCC. The fourth-order valence-corrected chi connectivity index (χ4v) is 3.19. The third-order valence-corrected chi connectivity index (χ3v) is 4.86. The highest BCUT2D eigenvalue weighted by Crippen LogP contribution is 2.36. The summed E-state index contributed by atoms with van der Waals surface area (Å²) in [6.45, 7) is 6.35. The van der Waals surface area contributed by atoms with E-state index in [1.54, 1.807) is 19.1 Å². The normalized spacial score (nSPS) is 12.0. The second-order valence-corrected chi connectivity index (χ2v) is 7.65. The Morgan fingerprint density at radius 2 is 2.13 bits per heavy atom. The lowest BCUT2D eigenvalue weighted by molar-refractivity contribution is -0.120. The first-order valence-electron chi connectivity index (χ1n) is 9.13. The number of hydrogen-bond acceptors (Lipinski definition) is 8. The van der Waals surface area contributed by atoms with Crippen LogP contribution in [-0.2, 0) is 4.79 Å². The van der Waals surface area contributed by atoms with Crippen molar-refractivity contribution < 1.29 is 14.3 Å². The number of hydrazone groups is 1. The van der Waals surface area contributed by atoms with Gasteiger partial charge >= 0.3 is 5.69 Å². The summed E-state index contributed by atoms with van der Waals surface area (Å²) >= 11 is 7.18. The van der Waals surface area contributed by atoms with E-state index in [0.717, 1.165) is 18.2 Å². The second kappa shape index (κ2) is 11.4. The molecule has 0 bridgehead atoms. The number of rotatable bonds is 10. The highest BCUT2D eigenvalue weighted by atomic mass is 35.5. The van der Waals surface area contributed by atoms with Gasteiger partial charge in [0.2, 0.25) is 0 Å². The molecule has 12 heteroatoms. The Morgan fingerprint density at radius 3 is 2.80 bits per heavy atom. The zero-order valence-corrected chi connectivity index (χ0v) is 18.2. The third kappa shape index (κ3) is 6.63. The van der Waals surface area contributed by atoms with Crippen LogP contribution in [0.4, 0.5) is 0 Å². The van der Waals surface area contributed by atoms with Gasteiger partial charge in [0, 0.05) is 0 Å². The van der Waals surface area contributed by atoms with Crippen LogP contribution in [0, 0.1) is 0 Å². The van der Waals surface area contributed by atoms with Gasteiger partial charge in [0.1, 0.15) is 0 Å². The van der Waals surface area contributed by atoms with Crippen molar-refractivity contribution in [1.82, 2.24) is 20.6 Å². The summed E-state index contributed by atoms with van der Waals surface area (Å²) < 4.78 is 11.2. The highest BCUT2D eigenvalue weighted by molar-refractivity contribution is 8.00. The van der Waals surface area contributed by atoms with Gasteiger partial charge in [-0.3, -0.25) is 14.6 Å². The van der Waals surface area contributed by atoms with E-state index in [2.05, 4.69) is 20.7 Å². The molecule has 2 aromatic rings. The van der Waals surface area contributed by atoms with Crippen molar-refractivity contribution in [3.63, 3.8) is 0 Å². The Balaban J connectivity index is 2.05. The first-order chi connectivity index (χ1) is 14.3. The molecular formula is C18H22ClN5O5S. The number of nitrogens with one attached hydrogen (secondary N) is 3. The number of hydrogen-bond donors (Lipinski definition) is 3. The summed E-state index contributed by atoms with van der Waals surface area (Å²) in [5.74, 6) is 0.492. The number of carbonyl (C=O) groups excluding carboxylic acids is 1. The number of benzene rings is 1. The maximum atomic E-state index is 12.2. The summed E-state index contributed by atoms with van der Waals surface area (Å²) in [6.07, 6.45) is 2.24. The van der Waals surface area contributed by atoms with Gasteiger partial charge in [0.05, 0.1) is 29.7 Å². The monoisotopic (exact) mass is 455 g/mol. The lowest BCUT2D eigenvalue weighted by atomic mass is 10.2. The predicted octanol–water partition coefficient (Wildman–Crippen LogP) is 1.93. The minimum atomic E-state index is -0.720. The van der Waals surface area contributed by atoms with Crippen LogP contribution in [0.1, 0.15) is 32.8 Å². The number of nitrogens with zero attached hydrogens (tertiary/aromatic N) is 2. The number of H-pyrrole nitrogens is 2. The summed E-state index contributed by atoms with van der Waals surface area (Å²) in [7, 11) is 0. The van der Waals surface area contributed by atoms with Gasteiger partial charge in [-0.25, -0.2) is 15.3 Å². The van der Waals surface area contributed by atoms with E-state index in [1.165, 1.54) is 6.21 Å². The van der Waals surface area contributed by atoms with Crippen LogP contribution in [0.2, 0.25) is 5.02 Å². The van der Waals surface area contributed by atoms with Gasteiger partial charge in [0.15, 0.2) is 16.5 Å². The molecule has 1 amide bonds. The molecular weight excluding hydrogens is 434 g/mol. The van der Waals surface area contributed by atoms with Crippen LogP contribution in [0.5, 0.6) is 11.5 Å². The van der Waals surface area contributed by atoms with Gasteiger partial charge in [-0.05, 0) is 38.0 Å². The highest BCUT2D eigenvalue weighted by Gasteiger charge is 2.17. The van der Waals surface area contributed by atoms with Gasteiger partial charge in [-0.1, -0.05) is 30.3 Å². The fraction of sp³-hybridized carbons (Fsp3) is 0.389. The van der Waals surface area contributed by atoms with E-state index in [4.69, 9.17) is 21.1 Å². The number of amides is 1. The number of thioether (sulfide) groups is 1. The average molecular weight is 456 g/mol. The summed E-state index contributed by atoms with van der Waals surface area (Å²) in [5, 5.41) is 9.30. The molecule has 0 fully saturated rings. The first kappa shape index (κ1) is 23.5. The number of halogens is 1. The van der Waals surface area contributed by atoms with Crippen LogP contribution in [0.3, 0.4) is 0 Å². The Morgan fingerprint density at radius 1 is 1.37 bits per heavy atom. The molecule has 0 saturated carbocycles. The van der Waals surface area contributed by atoms with Crippen molar-refractivity contribution in [3.8, 4) is 11.5 Å². The lowest BCUT2D eigenvalue weighted by Gasteiger charge is -2.14. The maximum absolute atomic E-state index is 12.2. The van der Waals surface area contributed by atoms with Gasteiger partial charge in [-0.2, -0.15) is 10.2 Å². The number of aromatic nitrogens is 3. The molecule has 1 atom stereocenters. The molecule has 2 rings (SSSR count). The first-order valence-corrected chi connectivity index (χ1v) is 10.4. The van der Waals surface area contributed by atoms with E-state index >= 15 is 0 Å². The van der Waals surface area contributed by atoms with Crippen molar-refractivity contribution in [2.75, 3.05) is 13.2 Å². The largest absolute Gasteiger partial charge is 0.490 e. The van der Waals surface area contributed by atoms with E-state index in [-0.39, 0.29) is 5.03 Å². The average Bonchev–Trinajstić information content (AvgIpc) is 2.69. The zero-order valence-electron chi connectivity index (χ0n) is 16.7. The van der Waals surface area contributed by atoms with Crippen molar-refractivity contribution in [2.24, 2.45) is 5.10 Å². The fourth-order valence-electron chi connectivity index (χ4n) is 2.17. The quantitative estimate of drug-likeness (QED) is 0.282. The Bertz CT molecular complexity index is 1020.